The molecular formula is C17H27AsN2O4S2. The van der Waals surface area contributed by atoms with Crippen molar-refractivity contribution < 1.29 is 19.8 Å². The van der Waals surface area contributed by atoms with Crippen LogP contribution in [0.2, 0.25) is 0 Å². The third kappa shape index (κ3) is 6.82. The molecule has 1 aromatic carbocycles. The van der Waals surface area contributed by atoms with E-state index in [-0.39, 0.29) is 0 Å². The number of aliphatic carboxylic acids is 2. The molecule has 0 heterocycles. The average molecular weight is 462 g/mol. The van der Waals surface area contributed by atoms with E-state index in [4.69, 9.17) is 11.5 Å². The molecule has 0 aliphatic carbocycles. The Kier molecular flexibility index (Phi) is 8.55. The monoisotopic (exact) mass is 462 g/mol. The number of hydrogen-bond acceptors (Lipinski definition) is 6. The Morgan fingerprint density at radius 2 is 1.35 bits per heavy atom. The van der Waals surface area contributed by atoms with Gasteiger partial charge in [-0.1, -0.05) is 0 Å². The SMILES string of the molecule is CC(C)(S[As](Cc1ccccc1)SC(C)(C)[C@H](N)C(=O)O)[C@H](N)C(=O)O. The van der Waals surface area contributed by atoms with Crippen molar-refractivity contribution in [3.63, 3.8) is 0 Å². The van der Waals surface area contributed by atoms with Gasteiger partial charge in [-0.3, -0.25) is 0 Å². The quantitative estimate of drug-likeness (QED) is 0.390. The molecule has 26 heavy (non-hydrogen) atoms. The summed E-state index contributed by atoms with van der Waals surface area (Å²) in [6.45, 7) is 7.31. The number of rotatable bonds is 10. The van der Waals surface area contributed by atoms with E-state index in [0.717, 1.165) is 10.8 Å². The molecule has 146 valence electrons. The predicted molar refractivity (Wildman–Crippen MR) is 110 cm³/mol. The van der Waals surface area contributed by atoms with Gasteiger partial charge in [-0.15, -0.1) is 0 Å². The molecule has 0 aliphatic rings. The van der Waals surface area contributed by atoms with Crippen molar-refractivity contribution in [3.05, 3.63) is 35.9 Å². The first-order chi connectivity index (χ1) is 11.9. The summed E-state index contributed by atoms with van der Waals surface area (Å²) in [7, 11) is 3.18. The van der Waals surface area contributed by atoms with Gasteiger partial charge in [0.2, 0.25) is 0 Å². The van der Waals surface area contributed by atoms with Crippen LogP contribution >= 0.6 is 20.0 Å². The number of carbonyl (C=O) groups is 2. The molecule has 0 aromatic heterocycles. The zero-order valence-corrected chi connectivity index (χ0v) is 18.9. The molecule has 6 nitrogen and oxygen atoms in total. The van der Waals surface area contributed by atoms with Gasteiger partial charge in [0.1, 0.15) is 0 Å². The van der Waals surface area contributed by atoms with E-state index in [1.165, 1.54) is 0 Å². The van der Waals surface area contributed by atoms with Gasteiger partial charge in [0, 0.05) is 0 Å². The van der Waals surface area contributed by atoms with E-state index < -0.39 is 45.9 Å². The maximum absolute atomic E-state index is 11.3. The predicted octanol–water partition coefficient (Wildman–Crippen LogP) is 2.10. The van der Waals surface area contributed by atoms with Gasteiger partial charge in [-0.2, -0.15) is 0 Å². The Labute approximate surface area is 165 Å². The van der Waals surface area contributed by atoms with Gasteiger partial charge in [0.25, 0.3) is 0 Å². The standard InChI is InChI=1S/C17H27AsN2O4S2/c1-16(2,12(19)14(21)22)25-18(10-11-8-6-5-7-9-11)26-17(3,4)13(20)15(23)24/h5-9,12-13H,10,19-20H2,1-4H3,(H,21,22)(H,23,24)/t12-,13-/m1/s1. The van der Waals surface area contributed by atoms with Crippen molar-refractivity contribution >= 4 is 44.3 Å². The first kappa shape index (κ1) is 23.4. The third-order valence-corrected chi connectivity index (χ3v) is 19.2. The van der Waals surface area contributed by atoms with Crippen LogP contribution < -0.4 is 11.5 Å². The van der Waals surface area contributed by atoms with Gasteiger partial charge in [-0.05, 0) is 0 Å². The van der Waals surface area contributed by atoms with Crippen molar-refractivity contribution in [2.45, 2.75) is 54.5 Å². The molecule has 0 aliphatic heterocycles. The van der Waals surface area contributed by atoms with Crippen molar-refractivity contribution in [1.82, 2.24) is 0 Å². The summed E-state index contributed by atoms with van der Waals surface area (Å²) in [4.78, 5) is 22.7. The zero-order valence-electron chi connectivity index (χ0n) is 15.4. The van der Waals surface area contributed by atoms with Crippen molar-refractivity contribution in [3.8, 4) is 0 Å². The molecule has 0 saturated carbocycles. The second-order valence-corrected chi connectivity index (χ2v) is 19.6. The van der Waals surface area contributed by atoms with Gasteiger partial charge >= 0.3 is 166 Å². The van der Waals surface area contributed by atoms with Crippen molar-refractivity contribution in [1.29, 1.82) is 0 Å². The Bertz CT molecular complexity index is 594. The van der Waals surface area contributed by atoms with E-state index in [2.05, 4.69) is 0 Å². The molecule has 0 spiro atoms. The van der Waals surface area contributed by atoms with Gasteiger partial charge in [0.15, 0.2) is 0 Å². The molecule has 0 amide bonds. The summed E-state index contributed by atoms with van der Waals surface area (Å²) < 4.78 is -1.34. The fourth-order valence-electron chi connectivity index (χ4n) is 2.05. The molecule has 1 rings (SSSR count). The van der Waals surface area contributed by atoms with Crippen LogP contribution in [0.5, 0.6) is 0 Å². The van der Waals surface area contributed by atoms with Crippen LogP contribution in [0.15, 0.2) is 30.3 Å². The van der Waals surface area contributed by atoms with Gasteiger partial charge in [-0.25, -0.2) is 0 Å². The molecule has 0 bridgehead atoms. The Balaban J connectivity index is 3.06. The molecule has 1 aromatic rings. The summed E-state index contributed by atoms with van der Waals surface area (Å²) in [5.74, 6) is -2.08. The summed E-state index contributed by atoms with van der Waals surface area (Å²) in [5.41, 5.74) is 12.9. The topological polar surface area (TPSA) is 127 Å². The van der Waals surface area contributed by atoms with Crippen molar-refractivity contribution in [2.75, 3.05) is 0 Å². The van der Waals surface area contributed by atoms with Crippen LogP contribution in [0.3, 0.4) is 0 Å². The molecular weight excluding hydrogens is 435 g/mol. The molecule has 0 fully saturated rings. The fourth-order valence-corrected chi connectivity index (χ4v) is 22.0. The molecule has 0 saturated heterocycles. The second kappa shape index (κ2) is 9.51. The number of carboxylic acids is 2. The van der Waals surface area contributed by atoms with E-state index >= 15 is 0 Å². The van der Waals surface area contributed by atoms with Crippen LogP contribution in [-0.2, 0) is 14.8 Å². The van der Waals surface area contributed by atoms with E-state index in [0.29, 0.717) is 0 Å². The van der Waals surface area contributed by atoms with E-state index in [1.807, 2.05) is 58.0 Å². The summed E-state index contributed by atoms with van der Waals surface area (Å²) in [5, 5.41) is 19.4. The Hall–Kier alpha value is -0.662. The maximum atomic E-state index is 11.3. The number of hydrogen-bond donors (Lipinski definition) is 4. The van der Waals surface area contributed by atoms with Crippen molar-refractivity contribution in [2.24, 2.45) is 11.5 Å². The van der Waals surface area contributed by atoms with Crippen LogP contribution in [0.4, 0.5) is 0 Å². The zero-order chi connectivity index (χ0) is 20.1. The minimum atomic E-state index is -1.84. The van der Waals surface area contributed by atoms with Crippen LogP contribution in [0, 0.1) is 0 Å². The first-order valence-corrected chi connectivity index (χ1v) is 15.5. The summed E-state index contributed by atoms with van der Waals surface area (Å²) >= 11 is -1.84. The van der Waals surface area contributed by atoms with Gasteiger partial charge in [0.05, 0.1) is 0 Å². The second-order valence-electron chi connectivity index (χ2n) is 7.00. The molecule has 0 unspecified atom stereocenters. The summed E-state index contributed by atoms with van der Waals surface area (Å²) in [6, 6.07) is 7.90. The molecule has 0 radical (unpaired) electrons. The molecule has 9 heteroatoms. The average Bonchev–Trinajstić information content (AvgIpc) is 2.53. The number of carboxylic acid groups (broad SMARTS) is 2. The fraction of sp³-hybridized carbons (Fsp3) is 0.529. The number of nitrogens with two attached hydrogens (primary N) is 2. The van der Waals surface area contributed by atoms with E-state index in [9.17, 15) is 19.8 Å². The number of benzene rings is 1. The Morgan fingerprint density at radius 1 is 0.962 bits per heavy atom. The molecule has 2 atom stereocenters. The first-order valence-electron chi connectivity index (χ1n) is 8.03. The van der Waals surface area contributed by atoms with Crippen LogP contribution in [-0.4, -0.2) is 56.1 Å². The Morgan fingerprint density at radius 3 is 1.69 bits per heavy atom. The normalized spacial score (nSPS) is 14.9. The molecule has 6 N–H and O–H groups in total. The van der Waals surface area contributed by atoms with E-state index in [1.54, 1.807) is 20.0 Å². The van der Waals surface area contributed by atoms with Crippen LogP contribution in [0.25, 0.3) is 0 Å². The van der Waals surface area contributed by atoms with Gasteiger partial charge < -0.3 is 0 Å². The van der Waals surface area contributed by atoms with Crippen LogP contribution in [0.1, 0.15) is 33.3 Å². The summed E-state index contributed by atoms with van der Waals surface area (Å²) in [6.07, 6.45) is 0. The minimum absolute atomic E-state index is 0.670. The third-order valence-electron chi connectivity index (χ3n) is 3.86.